The van der Waals surface area contributed by atoms with Gasteiger partial charge in [-0.05, 0) is 6.92 Å². The average Bonchev–Trinajstić information content (AvgIpc) is 2.64. The molecule has 0 atom stereocenters. The lowest BCUT2D eigenvalue weighted by Crippen LogP contribution is -2.31. The van der Waals surface area contributed by atoms with E-state index in [2.05, 4.69) is 10.6 Å². The number of carbonyl (C=O) groups is 3. The van der Waals surface area contributed by atoms with Gasteiger partial charge in [-0.25, -0.2) is 0 Å². The van der Waals surface area contributed by atoms with Gasteiger partial charge >= 0.3 is 0 Å². The third-order valence-electron chi connectivity index (χ3n) is 2.91. The molecule has 158 valence electrons. The molecule has 0 spiro atoms. The summed E-state index contributed by atoms with van der Waals surface area (Å²) in [7, 11) is 0. The molecule has 0 heterocycles. The van der Waals surface area contributed by atoms with Gasteiger partial charge in [0.15, 0.2) is 5.78 Å². The second-order valence-corrected chi connectivity index (χ2v) is 5.41. The summed E-state index contributed by atoms with van der Waals surface area (Å²) in [5, 5.41) is 5.32. The number of hydrogen-bond donors (Lipinski definition) is 2. The Bertz CT molecular complexity index is 406. The number of nitrogens with one attached hydrogen (secondary N) is 2. The summed E-state index contributed by atoms with van der Waals surface area (Å²) in [4.78, 5) is 33.1. The van der Waals surface area contributed by atoms with Crippen molar-refractivity contribution < 1.29 is 38.1 Å². The quantitative estimate of drug-likeness (QED) is 0.218. The van der Waals surface area contributed by atoms with Gasteiger partial charge in [-0.15, -0.1) is 0 Å². The molecule has 0 bridgehead atoms. The second-order valence-electron chi connectivity index (χ2n) is 5.41. The number of Topliss-reactive ketones (excluding diaryl/α,β-unsaturated/α-hetero) is 1. The Hall–Kier alpha value is -1.59. The summed E-state index contributed by atoms with van der Waals surface area (Å²) >= 11 is 0. The molecule has 0 saturated heterocycles. The highest BCUT2D eigenvalue weighted by molar-refractivity contribution is 5.77. The fraction of sp³-hybridized carbons (Fsp3) is 0.824. The van der Waals surface area contributed by atoms with E-state index in [1.807, 2.05) is 0 Å². The van der Waals surface area contributed by atoms with E-state index < -0.39 is 0 Å². The normalized spacial score (nSPS) is 10.6. The van der Waals surface area contributed by atoms with Crippen molar-refractivity contribution in [2.24, 2.45) is 0 Å². The Labute approximate surface area is 160 Å². The maximum Gasteiger partial charge on any atom is 0.246 e. The van der Waals surface area contributed by atoms with Crippen LogP contribution in [0.5, 0.6) is 0 Å². The van der Waals surface area contributed by atoms with Crippen LogP contribution in [0.15, 0.2) is 0 Å². The largest absolute Gasteiger partial charge is 0.377 e. The highest BCUT2D eigenvalue weighted by atomic mass is 16.7. The molecule has 0 fully saturated rings. The van der Waals surface area contributed by atoms with Crippen LogP contribution in [0.1, 0.15) is 20.3 Å². The molecule has 0 unspecified atom stereocenters. The van der Waals surface area contributed by atoms with Crippen molar-refractivity contribution >= 4 is 17.6 Å². The van der Waals surface area contributed by atoms with Gasteiger partial charge in [-0.2, -0.15) is 0 Å². The molecule has 0 aliphatic carbocycles. The van der Waals surface area contributed by atoms with Crippen LogP contribution < -0.4 is 10.6 Å². The van der Waals surface area contributed by atoms with E-state index in [1.54, 1.807) is 6.92 Å². The SMILES string of the molecule is CCC(=O)NCCOCOCCOCC(=O)NCCOCCOCC(C)=O. The first-order chi connectivity index (χ1) is 13.1. The van der Waals surface area contributed by atoms with E-state index in [0.29, 0.717) is 52.5 Å². The van der Waals surface area contributed by atoms with Gasteiger partial charge in [0.1, 0.15) is 20.0 Å². The van der Waals surface area contributed by atoms with Gasteiger partial charge in [-0.1, -0.05) is 6.92 Å². The lowest BCUT2D eigenvalue weighted by atomic mass is 10.4. The molecule has 10 nitrogen and oxygen atoms in total. The Kier molecular flexibility index (Phi) is 18.0. The van der Waals surface area contributed by atoms with Crippen molar-refractivity contribution in [3.05, 3.63) is 0 Å². The Morgan fingerprint density at radius 2 is 1.19 bits per heavy atom. The number of ketones is 1. The molecule has 0 rings (SSSR count). The fourth-order valence-corrected chi connectivity index (χ4v) is 1.60. The highest BCUT2D eigenvalue weighted by Crippen LogP contribution is 1.83. The molecule has 0 aromatic rings. The van der Waals surface area contributed by atoms with Crippen LogP contribution in [-0.2, 0) is 38.1 Å². The van der Waals surface area contributed by atoms with Crippen LogP contribution in [0, 0.1) is 0 Å². The van der Waals surface area contributed by atoms with E-state index in [9.17, 15) is 14.4 Å². The van der Waals surface area contributed by atoms with Gasteiger partial charge in [-0.3, -0.25) is 14.4 Å². The van der Waals surface area contributed by atoms with E-state index in [1.165, 1.54) is 6.92 Å². The van der Waals surface area contributed by atoms with Crippen molar-refractivity contribution in [1.29, 1.82) is 0 Å². The van der Waals surface area contributed by atoms with Gasteiger partial charge in [0.05, 0.1) is 39.6 Å². The predicted octanol–water partition coefficient (Wildman–Crippen LogP) is -0.742. The molecule has 0 aromatic carbocycles. The predicted molar refractivity (Wildman–Crippen MR) is 96.2 cm³/mol. The zero-order valence-corrected chi connectivity index (χ0v) is 16.3. The van der Waals surface area contributed by atoms with E-state index in [4.69, 9.17) is 23.7 Å². The smallest absolute Gasteiger partial charge is 0.246 e. The van der Waals surface area contributed by atoms with Crippen molar-refractivity contribution in [1.82, 2.24) is 10.6 Å². The minimum atomic E-state index is -0.241. The molecule has 0 aromatic heterocycles. The van der Waals surface area contributed by atoms with Crippen molar-refractivity contribution in [3.63, 3.8) is 0 Å². The lowest BCUT2D eigenvalue weighted by molar-refractivity contribution is -0.128. The van der Waals surface area contributed by atoms with Gasteiger partial charge in [0.2, 0.25) is 11.8 Å². The van der Waals surface area contributed by atoms with E-state index in [0.717, 1.165) is 0 Å². The zero-order chi connectivity index (χ0) is 20.2. The first-order valence-electron chi connectivity index (χ1n) is 8.97. The van der Waals surface area contributed by atoms with Crippen molar-refractivity contribution in [2.75, 3.05) is 72.7 Å². The maximum atomic E-state index is 11.5. The lowest BCUT2D eigenvalue weighted by Gasteiger charge is -2.08. The molecule has 2 N–H and O–H groups in total. The molecule has 0 saturated carbocycles. The first-order valence-corrected chi connectivity index (χ1v) is 8.97. The molecule has 0 radical (unpaired) electrons. The van der Waals surface area contributed by atoms with Crippen LogP contribution in [0.4, 0.5) is 0 Å². The number of hydrogen-bond acceptors (Lipinski definition) is 8. The summed E-state index contributed by atoms with van der Waals surface area (Å²) in [6, 6.07) is 0. The van der Waals surface area contributed by atoms with E-state index >= 15 is 0 Å². The fourth-order valence-electron chi connectivity index (χ4n) is 1.60. The summed E-state index contributed by atoms with van der Waals surface area (Å²) in [6.45, 7) is 6.19. The summed E-state index contributed by atoms with van der Waals surface area (Å²) in [6.07, 6.45) is 0.450. The Balaban J connectivity index is 3.21. The average molecular weight is 392 g/mol. The molecular weight excluding hydrogens is 360 g/mol. The number of amides is 2. The van der Waals surface area contributed by atoms with Crippen LogP contribution in [0.25, 0.3) is 0 Å². The molecule has 0 aliphatic heterocycles. The number of carbonyl (C=O) groups excluding carboxylic acids is 3. The minimum absolute atomic E-state index is 0.0172. The van der Waals surface area contributed by atoms with Gasteiger partial charge in [0.25, 0.3) is 0 Å². The monoisotopic (exact) mass is 392 g/mol. The van der Waals surface area contributed by atoms with Crippen molar-refractivity contribution in [3.8, 4) is 0 Å². The Morgan fingerprint density at radius 1 is 0.667 bits per heavy atom. The Morgan fingerprint density at radius 3 is 1.85 bits per heavy atom. The molecule has 0 aliphatic rings. The topological polar surface area (TPSA) is 121 Å². The van der Waals surface area contributed by atoms with Crippen LogP contribution in [-0.4, -0.2) is 90.3 Å². The molecule has 27 heavy (non-hydrogen) atoms. The van der Waals surface area contributed by atoms with Crippen molar-refractivity contribution in [2.45, 2.75) is 20.3 Å². The summed E-state index contributed by atoms with van der Waals surface area (Å²) in [5.41, 5.74) is 0. The number of ether oxygens (including phenoxy) is 5. The summed E-state index contributed by atoms with van der Waals surface area (Å²) < 4.78 is 25.7. The zero-order valence-electron chi connectivity index (χ0n) is 16.3. The maximum absolute atomic E-state index is 11.5. The summed E-state index contributed by atoms with van der Waals surface area (Å²) in [5.74, 6) is -0.289. The standard InChI is InChI=1S/C17H32N2O8/c1-3-16(21)18-5-7-26-14-27-11-10-25-13-17(22)19-4-6-23-8-9-24-12-15(2)20/h3-14H2,1-2H3,(H,18,21)(H,19,22). The third kappa shape index (κ3) is 20.6. The first kappa shape index (κ1) is 25.4. The minimum Gasteiger partial charge on any atom is -0.377 e. The third-order valence-corrected chi connectivity index (χ3v) is 2.91. The molecular formula is C17H32N2O8. The van der Waals surface area contributed by atoms with Gasteiger partial charge < -0.3 is 34.3 Å². The highest BCUT2D eigenvalue weighted by Gasteiger charge is 2.01. The van der Waals surface area contributed by atoms with Crippen LogP contribution in [0.2, 0.25) is 0 Å². The van der Waals surface area contributed by atoms with E-state index in [-0.39, 0.29) is 44.2 Å². The van der Waals surface area contributed by atoms with Crippen LogP contribution in [0.3, 0.4) is 0 Å². The number of rotatable bonds is 19. The second kappa shape index (κ2) is 19.2. The van der Waals surface area contributed by atoms with Crippen LogP contribution >= 0.6 is 0 Å². The molecule has 2 amide bonds. The molecule has 10 heteroatoms. The van der Waals surface area contributed by atoms with Gasteiger partial charge in [0, 0.05) is 19.5 Å².